The van der Waals surface area contributed by atoms with E-state index in [-0.39, 0.29) is 18.2 Å². The zero-order valence-electron chi connectivity index (χ0n) is 13.7. The quantitative estimate of drug-likeness (QED) is 0.318. The number of fused-ring (bicyclic) bond motifs is 2. The summed E-state index contributed by atoms with van der Waals surface area (Å²) in [5.41, 5.74) is 0. The van der Waals surface area contributed by atoms with Crippen LogP contribution in [0, 0.1) is 17.8 Å². The van der Waals surface area contributed by atoms with Gasteiger partial charge < -0.3 is 15.5 Å². The van der Waals surface area contributed by atoms with Crippen LogP contribution in [0.25, 0.3) is 0 Å². The highest BCUT2D eigenvalue weighted by Gasteiger charge is 2.39. The van der Waals surface area contributed by atoms with Crippen molar-refractivity contribution in [3.63, 3.8) is 0 Å². The lowest BCUT2D eigenvalue weighted by Crippen LogP contribution is -2.34. The largest absolute Gasteiger partial charge is 0.490 e. The van der Waals surface area contributed by atoms with Crippen molar-refractivity contribution >= 4 is 39.4 Å². The molecule has 0 radical (unpaired) electrons. The summed E-state index contributed by atoms with van der Waals surface area (Å²) in [7, 11) is 3.17. The first-order valence-electron chi connectivity index (χ1n) is 7.83. The zero-order valence-corrected chi connectivity index (χ0v) is 15.3. The fraction of sp³-hybridized carbons (Fsp3) is 0.667. The van der Waals surface area contributed by atoms with Gasteiger partial charge in [0.2, 0.25) is 5.91 Å². The lowest BCUT2D eigenvalue weighted by molar-refractivity contribution is -0.192. The number of halogens is 3. The van der Waals surface area contributed by atoms with E-state index in [0.29, 0.717) is 24.1 Å². The molecule has 2 aliphatic carbocycles. The van der Waals surface area contributed by atoms with E-state index < -0.39 is 18.1 Å². The van der Waals surface area contributed by atoms with Crippen molar-refractivity contribution in [3.05, 3.63) is 12.2 Å². The van der Waals surface area contributed by atoms with Crippen LogP contribution >= 0.6 is 21.6 Å². The summed E-state index contributed by atoms with van der Waals surface area (Å²) >= 11 is 0. The van der Waals surface area contributed by atoms with E-state index in [1.54, 1.807) is 21.6 Å². The molecule has 1 saturated carbocycles. The van der Waals surface area contributed by atoms with Crippen LogP contribution in [-0.2, 0) is 14.4 Å². The van der Waals surface area contributed by atoms with Gasteiger partial charge in [-0.25, -0.2) is 4.79 Å². The molecular formula is C15H20F3NO5S2. The van der Waals surface area contributed by atoms with E-state index >= 15 is 0 Å². The van der Waals surface area contributed by atoms with Crippen molar-refractivity contribution in [1.82, 2.24) is 5.32 Å². The number of carbonyl (C=O) groups is 3. The average molecular weight is 415 g/mol. The topological polar surface area (TPSA) is 104 Å². The third kappa shape index (κ3) is 8.35. The van der Waals surface area contributed by atoms with Crippen molar-refractivity contribution in [2.24, 2.45) is 17.8 Å². The predicted molar refractivity (Wildman–Crippen MR) is 92.7 cm³/mol. The number of rotatable bonds is 8. The molecule has 0 saturated heterocycles. The van der Waals surface area contributed by atoms with Gasteiger partial charge in [0.1, 0.15) is 0 Å². The van der Waals surface area contributed by atoms with Crippen LogP contribution in [-0.4, -0.2) is 52.3 Å². The summed E-state index contributed by atoms with van der Waals surface area (Å²) in [6.07, 6.45) is 1.70. The highest BCUT2D eigenvalue weighted by atomic mass is 33.1. The first-order chi connectivity index (χ1) is 12.1. The summed E-state index contributed by atoms with van der Waals surface area (Å²) in [5, 5.41) is 18.6. The highest BCUT2D eigenvalue weighted by Crippen LogP contribution is 2.43. The van der Waals surface area contributed by atoms with Crippen LogP contribution in [0.2, 0.25) is 0 Å². The molecule has 0 aliphatic heterocycles. The van der Waals surface area contributed by atoms with Crippen molar-refractivity contribution in [3.8, 4) is 0 Å². The Kier molecular flexibility index (Phi) is 9.34. The maximum Gasteiger partial charge on any atom is 0.490 e. The number of aliphatic carboxylic acids is 2. The molecule has 0 aromatic heterocycles. The zero-order chi connectivity index (χ0) is 19.7. The molecule has 3 atom stereocenters. The van der Waals surface area contributed by atoms with Gasteiger partial charge in [-0.3, -0.25) is 9.59 Å². The Labute approximate surface area is 156 Å². The summed E-state index contributed by atoms with van der Waals surface area (Å²) in [5.74, 6) is -0.618. The van der Waals surface area contributed by atoms with Crippen molar-refractivity contribution < 1.29 is 37.8 Å². The molecule has 11 heteroatoms. The van der Waals surface area contributed by atoms with Crippen molar-refractivity contribution in [2.45, 2.75) is 25.4 Å². The minimum atomic E-state index is -5.08. The predicted octanol–water partition coefficient (Wildman–Crippen LogP) is 2.80. The number of nitrogens with one attached hydrogen (secondary N) is 1. The number of carboxylic acids is 2. The molecule has 2 rings (SSSR count). The van der Waals surface area contributed by atoms with Gasteiger partial charge in [0.05, 0.1) is 6.42 Å². The summed E-state index contributed by atoms with van der Waals surface area (Å²) < 4.78 is 31.7. The molecular weight excluding hydrogens is 395 g/mol. The second kappa shape index (κ2) is 10.7. The number of carbonyl (C=O) groups excluding carboxylic acids is 1. The fourth-order valence-corrected chi connectivity index (χ4v) is 4.56. The summed E-state index contributed by atoms with van der Waals surface area (Å²) in [6, 6.07) is 0. The van der Waals surface area contributed by atoms with Crippen LogP contribution in [0.3, 0.4) is 0 Å². The van der Waals surface area contributed by atoms with Crippen molar-refractivity contribution in [1.29, 1.82) is 0 Å². The number of hydrogen-bond acceptors (Lipinski definition) is 5. The molecule has 0 aromatic rings. The lowest BCUT2D eigenvalue weighted by Gasteiger charge is -2.17. The minimum Gasteiger partial charge on any atom is -0.481 e. The third-order valence-corrected chi connectivity index (χ3v) is 6.23. The van der Waals surface area contributed by atoms with Crippen LogP contribution in [0.4, 0.5) is 13.2 Å². The van der Waals surface area contributed by atoms with Crippen LogP contribution < -0.4 is 5.32 Å². The van der Waals surface area contributed by atoms with E-state index in [0.717, 1.165) is 18.6 Å². The average Bonchev–Trinajstić information content (AvgIpc) is 3.16. The molecule has 0 spiro atoms. The Bertz CT molecular complexity index is 542. The van der Waals surface area contributed by atoms with Gasteiger partial charge in [-0.2, -0.15) is 13.2 Å². The molecule has 6 nitrogen and oxygen atoms in total. The monoisotopic (exact) mass is 415 g/mol. The van der Waals surface area contributed by atoms with Gasteiger partial charge in [0.25, 0.3) is 0 Å². The van der Waals surface area contributed by atoms with Crippen molar-refractivity contribution in [2.75, 3.05) is 18.1 Å². The summed E-state index contributed by atoms with van der Waals surface area (Å²) in [6.45, 7) is 0.668. The second-order valence-corrected chi connectivity index (χ2v) is 8.47. The molecule has 1 amide bonds. The fourth-order valence-electron chi connectivity index (χ4n) is 2.68. The van der Waals surface area contributed by atoms with E-state index in [2.05, 4.69) is 17.5 Å². The minimum absolute atomic E-state index is 0.180. The Morgan fingerprint density at radius 1 is 1.08 bits per heavy atom. The van der Waals surface area contributed by atoms with E-state index in [1.165, 1.54) is 0 Å². The Morgan fingerprint density at radius 3 is 2.15 bits per heavy atom. The van der Waals surface area contributed by atoms with Crippen LogP contribution in [0.1, 0.15) is 19.3 Å². The molecule has 0 aromatic carbocycles. The first kappa shape index (κ1) is 22.7. The second-order valence-electron chi connectivity index (χ2n) is 5.77. The van der Waals surface area contributed by atoms with Gasteiger partial charge >= 0.3 is 18.1 Å². The highest BCUT2D eigenvalue weighted by molar-refractivity contribution is 8.76. The standard InChI is InChI=1S/C13H19NO3S2.C2HF3O2/c15-12(16)3-5-18-19-6-4-14-13(17)11-8-9-1-2-10(11)7-9;3-2(4,5)1(6)7/h1-2,9-11H,3-8H2,(H,14,17)(H,15,16);(H,6,7)/t9-,10+,11+;/m0./s1. The van der Waals surface area contributed by atoms with E-state index in [4.69, 9.17) is 15.0 Å². The van der Waals surface area contributed by atoms with Gasteiger partial charge in [0.15, 0.2) is 0 Å². The molecule has 26 heavy (non-hydrogen) atoms. The van der Waals surface area contributed by atoms with E-state index in [1.807, 2.05) is 0 Å². The molecule has 1 fully saturated rings. The van der Waals surface area contributed by atoms with Gasteiger partial charge in [0, 0.05) is 24.0 Å². The SMILES string of the molecule is O=C(O)C(F)(F)F.O=C(O)CCSSCCNC(=O)[C@@H]1C[C@H]2C=C[C@@H]1C2. The lowest BCUT2D eigenvalue weighted by atomic mass is 9.93. The van der Waals surface area contributed by atoms with E-state index in [9.17, 15) is 22.8 Å². The Morgan fingerprint density at radius 2 is 1.69 bits per heavy atom. The van der Waals surface area contributed by atoms with Gasteiger partial charge in [-0.1, -0.05) is 33.7 Å². The molecule has 0 heterocycles. The smallest absolute Gasteiger partial charge is 0.481 e. The summed E-state index contributed by atoms with van der Waals surface area (Å²) in [4.78, 5) is 31.2. The molecule has 0 unspecified atom stereocenters. The first-order valence-corrected chi connectivity index (χ1v) is 10.3. The number of alkyl halides is 3. The molecule has 3 N–H and O–H groups in total. The van der Waals surface area contributed by atoms with Crippen LogP contribution in [0.15, 0.2) is 12.2 Å². The normalized spacial score (nSPS) is 23.3. The number of carboxylic acid groups (broad SMARTS) is 2. The number of allylic oxidation sites excluding steroid dienone is 2. The number of hydrogen-bond donors (Lipinski definition) is 3. The van der Waals surface area contributed by atoms with Gasteiger partial charge in [-0.05, 0) is 24.7 Å². The number of amides is 1. The van der Waals surface area contributed by atoms with Gasteiger partial charge in [-0.15, -0.1) is 0 Å². The Balaban J connectivity index is 0.000000412. The van der Waals surface area contributed by atoms with Crippen LogP contribution in [0.5, 0.6) is 0 Å². The maximum atomic E-state index is 12.0. The maximum absolute atomic E-state index is 12.0. The molecule has 2 aliphatic rings. The third-order valence-electron chi connectivity index (χ3n) is 3.83. The Hall–Kier alpha value is -1.36. The molecule has 148 valence electrons. The molecule has 2 bridgehead atoms.